The Morgan fingerprint density at radius 1 is 0.641 bits per heavy atom. The predicted molar refractivity (Wildman–Crippen MR) is 144 cm³/mol. The molecule has 3 atom stereocenters. The molecule has 0 saturated carbocycles. The summed E-state index contributed by atoms with van der Waals surface area (Å²) in [4.78, 5) is 12.6. The molecule has 39 heavy (non-hydrogen) atoms. The number of rotatable bonds is 6. The van der Waals surface area contributed by atoms with Crippen LogP contribution >= 0.6 is 0 Å². The van der Waals surface area contributed by atoms with Crippen molar-refractivity contribution in [3.05, 3.63) is 132 Å². The van der Waals surface area contributed by atoms with Crippen LogP contribution in [-0.2, 0) is 24.4 Å². The van der Waals surface area contributed by atoms with Gasteiger partial charge in [-0.3, -0.25) is 0 Å². The minimum Gasteiger partial charge on any atom is -0.457 e. The number of hydrogen-bond donors (Lipinski definition) is 0. The van der Waals surface area contributed by atoms with E-state index >= 15 is 0 Å². The average molecular weight is 519 g/mol. The third-order valence-corrected chi connectivity index (χ3v) is 7.73. The average Bonchev–Trinajstić information content (AvgIpc) is 3.32. The standard InChI is InChI=1S/C33H26O6/c34-32-30-29-28(39-32)19-20-33(31(29)36-21-35-30,22-11-15-26(16-12-22)37-24-7-3-1-4-8-24)23-13-17-27(18-14-23)38-25-9-5-2-6-10-25/h1-19,29-31H,20-21H2. The molecule has 6 nitrogen and oxygen atoms in total. The third kappa shape index (κ3) is 4.18. The molecule has 0 radical (unpaired) electrons. The predicted octanol–water partition coefficient (Wildman–Crippen LogP) is 6.76. The first-order chi connectivity index (χ1) is 19.2. The summed E-state index contributed by atoms with van der Waals surface area (Å²) in [6.45, 7) is 0.0281. The molecule has 3 unspecified atom stereocenters. The van der Waals surface area contributed by atoms with Crippen LogP contribution in [0.1, 0.15) is 17.5 Å². The highest BCUT2D eigenvalue weighted by molar-refractivity contribution is 5.80. The van der Waals surface area contributed by atoms with Crippen molar-refractivity contribution in [2.45, 2.75) is 24.0 Å². The van der Waals surface area contributed by atoms with Gasteiger partial charge in [-0.2, -0.15) is 0 Å². The molecule has 0 aromatic heterocycles. The molecule has 2 heterocycles. The van der Waals surface area contributed by atoms with Gasteiger partial charge in [0, 0.05) is 0 Å². The van der Waals surface area contributed by atoms with Crippen LogP contribution in [-0.4, -0.2) is 25.0 Å². The zero-order valence-corrected chi connectivity index (χ0v) is 21.1. The highest BCUT2D eigenvalue weighted by Gasteiger charge is 2.59. The molecular weight excluding hydrogens is 492 g/mol. The van der Waals surface area contributed by atoms with E-state index in [1.807, 2.05) is 91.0 Å². The zero-order valence-electron chi connectivity index (χ0n) is 21.1. The first-order valence-corrected chi connectivity index (χ1v) is 13.0. The lowest BCUT2D eigenvalue weighted by Crippen LogP contribution is -2.55. The molecule has 2 aliphatic heterocycles. The Labute approximate surface area is 226 Å². The lowest BCUT2D eigenvalue weighted by Gasteiger charge is -2.48. The van der Waals surface area contributed by atoms with Crippen molar-refractivity contribution in [3.63, 3.8) is 0 Å². The molecule has 3 aliphatic rings. The molecule has 0 amide bonds. The fraction of sp³-hybridized carbons (Fsp3) is 0.182. The quantitative estimate of drug-likeness (QED) is 0.263. The Kier molecular flexibility index (Phi) is 5.91. The number of ether oxygens (including phenoxy) is 5. The van der Waals surface area contributed by atoms with Crippen molar-refractivity contribution in [1.29, 1.82) is 0 Å². The fourth-order valence-corrected chi connectivity index (χ4v) is 5.93. The van der Waals surface area contributed by atoms with Gasteiger partial charge in [-0.1, -0.05) is 60.7 Å². The fourth-order valence-electron chi connectivity index (χ4n) is 5.93. The molecular formula is C33H26O6. The van der Waals surface area contributed by atoms with Crippen molar-refractivity contribution >= 4 is 5.97 Å². The van der Waals surface area contributed by atoms with Gasteiger partial charge >= 0.3 is 5.97 Å². The van der Waals surface area contributed by atoms with E-state index in [1.54, 1.807) is 0 Å². The van der Waals surface area contributed by atoms with Crippen LogP contribution < -0.4 is 9.47 Å². The van der Waals surface area contributed by atoms with E-state index in [9.17, 15) is 4.79 Å². The molecule has 2 fully saturated rings. The second-order valence-electron chi connectivity index (χ2n) is 9.90. The maximum absolute atomic E-state index is 12.6. The molecule has 6 heteroatoms. The van der Waals surface area contributed by atoms with Crippen molar-refractivity contribution in [2.75, 3.05) is 6.79 Å². The number of benzene rings is 4. The summed E-state index contributed by atoms with van der Waals surface area (Å²) in [5, 5.41) is 0. The maximum atomic E-state index is 12.6. The molecule has 2 saturated heterocycles. The Bertz CT molecular complexity index is 1410. The van der Waals surface area contributed by atoms with Crippen molar-refractivity contribution in [1.82, 2.24) is 0 Å². The number of para-hydroxylation sites is 2. The van der Waals surface area contributed by atoms with Gasteiger partial charge in [-0.25, -0.2) is 4.79 Å². The largest absolute Gasteiger partial charge is 0.457 e. The van der Waals surface area contributed by atoms with Crippen LogP contribution in [0.4, 0.5) is 0 Å². The SMILES string of the molecule is O=C1OC2=CCC(c3ccc(Oc4ccccc4)cc3)(c3ccc(Oc4ccccc4)cc3)C3OCOC1C23. The number of esters is 1. The van der Waals surface area contributed by atoms with Crippen LogP contribution in [0.25, 0.3) is 0 Å². The summed E-state index contributed by atoms with van der Waals surface area (Å²) in [6.07, 6.45) is 1.58. The number of carbonyl (C=O) groups excluding carboxylic acids is 1. The minimum atomic E-state index is -0.670. The van der Waals surface area contributed by atoms with E-state index in [-0.39, 0.29) is 24.8 Å². The summed E-state index contributed by atoms with van der Waals surface area (Å²) in [5.74, 6) is 2.99. The van der Waals surface area contributed by atoms with E-state index in [1.165, 1.54) is 0 Å². The molecule has 4 aromatic carbocycles. The number of allylic oxidation sites excluding steroid dienone is 1. The van der Waals surface area contributed by atoms with Gasteiger partial charge in [0.25, 0.3) is 0 Å². The third-order valence-electron chi connectivity index (χ3n) is 7.73. The molecule has 4 aromatic rings. The van der Waals surface area contributed by atoms with Gasteiger partial charge in [0.15, 0.2) is 6.10 Å². The van der Waals surface area contributed by atoms with Crippen LogP contribution in [0.15, 0.2) is 121 Å². The lowest BCUT2D eigenvalue weighted by atomic mass is 9.61. The van der Waals surface area contributed by atoms with Gasteiger partial charge in [0.1, 0.15) is 35.6 Å². The lowest BCUT2D eigenvalue weighted by molar-refractivity contribution is -0.209. The van der Waals surface area contributed by atoms with Gasteiger partial charge < -0.3 is 23.7 Å². The Hall–Kier alpha value is -4.39. The van der Waals surface area contributed by atoms with E-state index in [0.29, 0.717) is 12.2 Å². The van der Waals surface area contributed by atoms with Crippen molar-refractivity contribution in [2.24, 2.45) is 5.92 Å². The molecule has 0 N–H and O–H groups in total. The monoisotopic (exact) mass is 518 g/mol. The highest BCUT2D eigenvalue weighted by atomic mass is 16.7. The van der Waals surface area contributed by atoms with E-state index < -0.39 is 11.5 Å². The summed E-state index contributed by atoms with van der Waals surface area (Å²) < 4.78 is 29.7. The normalized spacial score (nSPS) is 22.8. The molecule has 194 valence electrons. The molecule has 1 aliphatic carbocycles. The van der Waals surface area contributed by atoms with Gasteiger partial charge in [-0.15, -0.1) is 0 Å². The Morgan fingerprint density at radius 3 is 1.69 bits per heavy atom. The summed E-state index contributed by atoms with van der Waals surface area (Å²) in [5.41, 5.74) is 1.53. The van der Waals surface area contributed by atoms with Crippen molar-refractivity contribution < 1.29 is 28.5 Å². The summed E-state index contributed by atoms with van der Waals surface area (Å²) >= 11 is 0. The van der Waals surface area contributed by atoms with E-state index in [2.05, 4.69) is 24.3 Å². The van der Waals surface area contributed by atoms with Gasteiger partial charge in [0.2, 0.25) is 0 Å². The zero-order chi connectivity index (χ0) is 26.2. The summed E-state index contributed by atoms with van der Waals surface area (Å²) in [7, 11) is 0. The summed E-state index contributed by atoms with van der Waals surface area (Å²) in [6, 6.07) is 35.6. The van der Waals surface area contributed by atoms with Gasteiger partial charge in [-0.05, 0) is 72.2 Å². The molecule has 0 bridgehead atoms. The minimum absolute atomic E-state index is 0.0281. The van der Waals surface area contributed by atoms with E-state index in [0.717, 1.165) is 34.1 Å². The van der Waals surface area contributed by atoms with Crippen LogP contribution in [0.2, 0.25) is 0 Å². The Balaban J connectivity index is 1.28. The molecule has 0 spiro atoms. The highest BCUT2D eigenvalue weighted by Crippen LogP contribution is 2.53. The second-order valence-corrected chi connectivity index (χ2v) is 9.90. The van der Waals surface area contributed by atoms with Gasteiger partial charge in [0.05, 0.1) is 17.4 Å². The number of carbonyl (C=O) groups is 1. The second kappa shape index (κ2) is 9.73. The maximum Gasteiger partial charge on any atom is 0.341 e. The number of hydrogen-bond acceptors (Lipinski definition) is 6. The van der Waals surface area contributed by atoms with Crippen LogP contribution in [0.5, 0.6) is 23.0 Å². The van der Waals surface area contributed by atoms with Crippen LogP contribution in [0, 0.1) is 5.92 Å². The first-order valence-electron chi connectivity index (χ1n) is 13.0. The molecule has 7 rings (SSSR count). The van der Waals surface area contributed by atoms with Crippen molar-refractivity contribution in [3.8, 4) is 23.0 Å². The van der Waals surface area contributed by atoms with E-state index in [4.69, 9.17) is 23.7 Å². The smallest absolute Gasteiger partial charge is 0.341 e. The Morgan fingerprint density at radius 2 is 1.15 bits per heavy atom. The van der Waals surface area contributed by atoms with Crippen LogP contribution in [0.3, 0.4) is 0 Å². The first kappa shape index (κ1) is 23.7. The topological polar surface area (TPSA) is 63.2 Å².